The summed E-state index contributed by atoms with van der Waals surface area (Å²) in [5.41, 5.74) is 2.39. The molecule has 1 aromatic carbocycles. The lowest BCUT2D eigenvalue weighted by atomic mass is 10.0. The molecule has 3 heterocycles. The number of hydrogen-bond donors (Lipinski definition) is 4. The second-order valence-corrected chi connectivity index (χ2v) is 14.2. The smallest absolute Gasteiger partial charge is 0.407 e. The third-order valence-corrected chi connectivity index (χ3v) is 9.56. The number of urea groups is 1. The van der Waals surface area contributed by atoms with Crippen LogP contribution in [0.25, 0.3) is 20.8 Å². The molecule has 0 aliphatic heterocycles. The lowest BCUT2D eigenvalue weighted by molar-refractivity contribution is -0.138. The van der Waals surface area contributed by atoms with Crippen molar-refractivity contribution in [1.82, 2.24) is 30.8 Å². The maximum Gasteiger partial charge on any atom is 0.407 e. The Balaban J connectivity index is 1.23. The molecule has 0 spiro atoms. The van der Waals surface area contributed by atoms with Crippen LogP contribution in [-0.4, -0.2) is 84.3 Å². The number of pyridine rings is 2. The average molecular weight is 764 g/mol. The molecule has 54 heavy (non-hydrogen) atoms. The maximum atomic E-state index is 15.0. The number of nitrogens with one attached hydrogen (secondary N) is 4. The third kappa shape index (κ3) is 11.3. The zero-order valence-corrected chi connectivity index (χ0v) is 31.6. The zero-order valence-electron chi connectivity index (χ0n) is 30.8. The van der Waals surface area contributed by atoms with Gasteiger partial charge >= 0.3 is 12.1 Å². The Bertz CT molecular complexity index is 1920. The fraction of sp³-hybridized carbons (Fsp3) is 0.421. The van der Waals surface area contributed by atoms with Gasteiger partial charge in [-0.05, 0) is 55.0 Å². The molecule has 16 heteroatoms. The fourth-order valence-corrected chi connectivity index (χ4v) is 6.32. The molecule has 1 saturated carbocycles. The molecular weight excluding hydrogens is 718 g/mol. The molecule has 0 bridgehead atoms. The monoisotopic (exact) mass is 763 g/mol. The first kappa shape index (κ1) is 39.8. The normalized spacial score (nSPS) is 12.9. The topological polar surface area (TPSA) is 173 Å². The van der Waals surface area contributed by atoms with Gasteiger partial charge in [0.1, 0.15) is 18.3 Å². The van der Waals surface area contributed by atoms with E-state index in [0.717, 1.165) is 36.1 Å². The first-order valence-electron chi connectivity index (χ1n) is 17.9. The summed E-state index contributed by atoms with van der Waals surface area (Å²) in [6, 6.07) is 10.5. The largest absolute Gasteiger partial charge is 0.453 e. The maximum absolute atomic E-state index is 15.0. The van der Waals surface area contributed by atoms with E-state index in [0.29, 0.717) is 27.3 Å². The van der Waals surface area contributed by atoms with Crippen LogP contribution in [0.15, 0.2) is 54.9 Å². The number of carbonyl (C=O) groups is 4. The van der Waals surface area contributed by atoms with E-state index in [1.165, 1.54) is 23.5 Å². The highest BCUT2D eigenvalue weighted by Crippen LogP contribution is 2.39. The second kappa shape index (κ2) is 19.1. The molecule has 1 fully saturated rings. The minimum absolute atomic E-state index is 0.000835. The molecule has 5 amide bonds. The van der Waals surface area contributed by atoms with E-state index >= 15 is 4.39 Å². The Morgan fingerprint density at radius 3 is 2.54 bits per heavy atom. The van der Waals surface area contributed by atoms with E-state index < -0.39 is 23.9 Å². The van der Waals surface area contributed by atoms with Crippen molar-refractivity contribution >= 4 is 51.2 Å². The molecule has 1 aliphatic rings. The Morgan fingerprint density at radius 1 is 1.04 bits per heavy atom. The van der Waals surface area contributed by atoms with Crippen molar-refractivity contribution in [3.8, 4) is 22.1 Å². The molecule has 288 valence electrons. The summed E-state index contributed by atoms with van der Waals surface area (Å²) in [5, 5.41) is 10.6. The predicted octanol–water partition coefficient (Wildman–Crippen LogP) is 6.22. The third-order valence-electron chi connectivity index (χ3n) is 8.40. The minimum atomic E-state index is -0.844. The number of carbonyl (C=O) groups excluding carboxylic acids is 4. The lowest BCUT2D eigenvalue weighted by Gasteiger charge is -2.30. The number of unbranched alkanes of at least 4 members (excludes halogenated alkanes) is 1. The molecule has 1 aliphatic carbocycles. The predicted molar refractivity (Wildman–Crippen MR) is 203 cm³/mol. The molecule has 0 radical (unpaired) electrons. The Kier molecular flexibility index (Phi) is 14.1. The number of anilines is 1. The summed E-state index contributed by atoms with van der Waals surface area (Å²) < 4.78 is 32.0. The van der Waals surface area contributed by atoms with Gasteiger partial charge in [-0.1, -0.05) is 33.3 Å². The number of rotatable bonds is 18. The number of ether oxygens (including phenoxy) is 3. The summed E-state index contributed by atoms with van der Waals surface area (Å²) in [6.07, 6.45) is 6.06. The summed E-state index contributed by atoms with van der Waals surface area (Å²) in [4.78, 5) is 61.9. The summed E-state index contributed by atoms with van der Waals surface area (Å²) >= 11 is 1.39. The molecular formula is C38H46FN7O7S. The molecule has 14 nitrogen and oxygen atoms in total. The van der Waals surface area contributed by atoms with E-state index in [2.05, 4.69) is 31.2 Å². The van der Waals surface area contributed by atoms with Crippen LogP contribution in [0, 0.1) is 11.7 Å². The van der Waals surface area contributed by atoms with E-state index in [-0.39, 0.29) is 62.5 Å². The van der Waals surface area contributed by atoms with Gasteiger partial charge < -0.3 is 40.4 Å². The first-order chi connectivity index (χ1) is 26.0. The highest BCUT2D eigenvalue weighted by atomic mass is 32.1. The SMILES string of the molecule is CCCCOC(=O)NCC(=O)N[C@H](C(=O)N(CCOC)Cc1ccc(-c2cc3nccc(Oc4ccc(NC(=O)NC5CC5)cc4F)c3s2)nc1)C(C)C. The highest BCUT2D eigenvalue weighted by Gasteiger charge is 2.29. The number of hydrogen-bond acceptors (Lipinski definition) is 10. The van der Waals surface area contributed by atoms with Crippen molar-refractivity contribution in [2.45, 2.75) is 65.1 Å². The molecule has 0 saturated heterocycles. The number of benzene rings is 1. The summed E-state index contributed by atoms with van der Waals surface area (Å²) in [7, 11) is 1.55. The lowest BCUT2D eigenvalue weighted by Crippen LogP contribution is -2.53. The number of methoxy groups -OCH3 is 1. The van der Waals surface area contributed by atoms with E-state index in [9.17, 15) is 19.2 Å². The van der Waals surface area contributed by atoms with Gasteiger partial charge in [0.2, 0.25) is 11.8 Å². The van der Waals surface area contributed by atoms with Gasteiger partial charge in [-0.2, -0.15) is 0 Å². The van der Waals surface area contributed by atoms with Gasteiger partial charge in [0.15, 0.2) is 11.6 Å². The molecule has 1 atom stereocenters. The van der Waals surface area contributed by atoms with Crippen LogP contribution in [0.3, 0.4) is 0 Å². The van der Waals surface area contributed by atoms with E-state index in [4.69, 9.17) is 14.2 Å². The molecule has 4 aromatic rings. The highest BCUT2D eigenvalue weighted by molar-refractivity contribution is 7.22. The second-order valence-electron chi connectivity index (χ2n) is 13.2. The minimum Gasteiger partial charge on any atom is -0.453 e. The van der Waals surface area contributed by atoms with Crippen molar-refractivity contribution in [2.75, 3.05) is 38.7 Å². The van der Waals surface area contributed by atoms with Gasteiger partial charge in [-0.25, -0.2) is 14.0 Å². The quantitative estimate of drug-likeness (QED) is 0.0859. The standard InChI is InChI=1S/C38H46FN7O7S/c1-5-6-16-52-38(50)42-21-33(47)45-34(23(2)3)36(48)46(15-17-51-4)22-24-7-11-28(41-20-24)32-19-29-35(54-32)31(13-14-40-29)53-30-12-10-26(18-27(30)39)44-37(49)43-25-8-9-25/h7,10-14,18-20,23,25,34H,5-6,8-9,15-17,21-22H2,1-4H3,(H,42,50)(H,45,47)(H2,43,44,49)/t34-/m0/s1. The Hall–Kier alpha value is -5.35. The van der Waals surface area contributed by atoms with E-state index in [1.807, 2.05) is 39.0 Å². The molecule has 3 aromatic heterocycles. The number of halogens is 1. The summed E-state index contributed by atoms with van der Waals surface area (Å²) in [6.45, 7) is 6.35. The van der Waals surface area contributed by atoms with Gasteiger partial charge in [0.05, 0.1) is 34.0 Å². The number of fused-ring (bicyclic) bond motifs is 1. The van der Waals surface area contributed by atoms with Crippen LogP contribution in [0.4, 0.5) is 19.7 Å². The van der Waals surface area contributed by atoms with Gasteiger partial charge in [-0.3, -0.25) is 19.6 Å². The van der Waals surface area contributed by atoms with Crippen molar-refractivity contribution in [3.63, 3.8) is 0 Å². The van der Waals surface area contributed by atoms with Crippen LogP contribution >= 0.6 is 11.3 Å². The number of aromatic nitrogens is 2. The van der Waals surface area contributed by atoms with Crippen LogP contribution in [0.2, 0.25) is 0 Å². The van der Waals surface area contributed by atoms with Crippen LogP contribution in [0.5, 0.6) is 11.5 Å². The zero-order chi connectivity index (χ0) is 38.6. The number of nitrogens with zero attached hydrogens (tertiary/aromatic N) is 3. The molecule has 5 rings (SSSR count). The molecule has 4 N–H and O–H groups in total. The summed E-state index contributed by atoms with van der Waals surface area (Å²) in [5.74, 6) is -1.26. The van der Waals surface area contributed by atoms with Crippen molar-refractivity contribution in [1.29, 1.82) is 0 Å². The van der Waals surface area contributed by atoms with Crippen molar-refractivity contribution in [2.24, 2.45) is 5.92 Å². The number of amides is 5. The van der Waals surface area contributed by atoms with Crippen LogP contribution in [-0.2, 0) is 25.6 Å². The number of alkyl carbamates (subject to hydrolysis) is 1. The first-order valence-corrected chi connectivity index (χ1v) is 18.7. The number of thiophene rings is 1. The van der Waals surface area contributed by atoms with Gasteiger partial charge in [-0.15, -0.1) is 11.3 Å². The van der Waals surface area contributed by atoms with Gasteiger partial charge in [0, 0.05) is 56.5 Å². The fourth-order valence-electron chi connectivity index (χ4n) is 5.28. The van der Waals surface area contributed by atoms with Crippen molar-refractivity contribution in [3.05, 3.63) is 66.2 Å². The van der Waals surface area contributed by atoms with Crippen LogP contribution < -0.4 is 26.0 Å². The molecule has 0 unspecified atom stereocenters. The van der Waals surface area contributed by atoms with Gasteiger partial charge in [0.25, 0.3) is 0 Å². The Morgan fingerprint density at radius 2 is 1.85 bits per heavy atom. The van der Waals surface area contributed by atoms with E-state index in [1.54, 1.807) is 36.5 Å². The average Bonchev–Trinajstić information content (AvgIpc) is 3.85. The van der Waals surface area contributed by atoms with Crippen molar-refractivity contribution < 1.29 is 37.8 Å². The van der Waals surface area contributed by atoms with Crippen LogP contribution in [0.1, 0.15) is 52.0 Å². The Labute approximate surface area is 317 Å².